The first kappa shape index (κ1) is 14.1. The molecule has 0 saturated heterocycles. The second kappa shape index (κ2) is 6.73. The molecule has 1 saturated carbocycles. The lowest BCUT2D eigenvalue weighted by Crippen LogP contribution is -2.35. The molecule has 1 amide bonds. The Labute approximate surface area is 117 Å². The van der Waals surface area contributed by atoms with Crippen LogP contribution in [0.2, 0.25) is 5.02 Å². The first-order valence-corrected chi connectivity index (χ1v) is 7.02. The number of nitrogens with one attached hydrogen (secondary N) is 2. The highest BCUT2D eigenvalue weighted by Gasteiger charge is 2.18. The smallest absolute Gasteiger partial charge is 0.271 e. The van der Waals surface area contributed by atoms with Crippen LogP contribution in [0.3, 0.4) is 0 Å². The number of hydrogen-bond acceptors (Lipinski definition) is 4. The average molecular weight is 283 g/mol. The van der Waals surface area contributed by atoms with Crippen LogP contribution in [0.25, 0.3) is 0 Å². The molecule has 6 heteroatoms. The topological polar surface area (TPSA) is 80.0 Å². The molecule has 104 valence electrons. The highest BCUT2D eigenvalue weighted by molar-refractivity contribution is 6.33. The number of nitrogens with zero attached hydrogens (tertiary/aromatic N) is 1. The molecule has 0 spiro atoms. The summed E-state index contributed by atoms with van der Waals surface area (Å²) in [5.74, 6) is 5.49. The number of aromatic nitrogens is 1. The molecule has 2 rings (SSSR count). The number of hydrazine groups is 1. The molecule has 1 aromatic heterocycles. The second-order valence-electron chi connectivity index (χ2n) is 4.83. The Hall–Kier alpha value is -1.33. The molecule has 1 aromatic rings. The Bertz CT molecular complexity index is 444. The van der Waals surface area contributed by atoms with Crippen molar-refractivity contribution in [1.29, 1.82) is 0 Å². The molecule has 1 fully saturated rings. The molecule has 4 N–H and O–H groups in total. The van der Waals surface area contributed by atoms with Gasteiger partial charge in [0.15, 0.2) is 0 Å². The molecular formula is C13H19ClN4O. The van der Waals surface area contributed by atoms with Crippen LogP contribution < -0.4 is 16.6 Å². The summed E-state index contributed by atoms with van der Waals surface area (Å²) in [4.78, 5) is 16.3. The fourth-order valence-electron chi connectivity index (χ4n) is 2.36. The largest absolute Gasteiger partial charge is 0.348 e. The summed E-state index contributed by atoms with van der Waals surface area (Å²) in [6, 6.07) is 3.47. The van der Waals surface area contributed by atoms with Gasteiger partial charge in [0.25, 0.3) is 5.91 Å². The van der Waals surface area contributed by atoms with Crippen LogP contribution in [0.1, 0.15) is 49.0 Å². The van der Waals surface area contributed by atoms with Gasteiger partial charge >= 0.3 is 0 Å². The monoisotopic (exact) mass is 282 g/mol. The van der Waals surface area contributed by atoms with Crippen LogP contribution in [0.15, 0.2) is 12.1 Å². The molecule has 0 bridgehead atoms. The molecule has 0 aliphatic heterocycles. The van der Waals surface area contributed by atoms with Gasteiger partial charge in [-0.25, -0.2) is 10.8 Å². The summed E-state index contributed by atoms with van der Waals surface area (Å²) in [6.07, 6.45) is 6.87. The van der Waals surface area contributed by atoms with E-state index in [4.69, 9.17) is 17.4 Å². The third-order valence-corrected chi connectivity index (χ3v) is 3.70. The van der Waals surface area contributed by atoms with E-state index in [9.17, 15) is 4.79 Å². The zero-order chi connectivity index (χ0) is 13.7. The fourth-order valence-corrected chi connectivity index (χ4v) is 2.55. The van der Waals surface area contributed by atoms with Crippen molar-refractivity contribution in [3.63, 3.8) is 0 Å². The van der Waals surface area contributed by atoms with Crippen molar-refractivity contribution in [3.05, 3.63) is 22.8 Å². The Morgan fingerprint density at radius 3 is 2.58 bits per heavy atom. The van der Waals surface area contributed by atoms with Gasteiger partial charge < -0.3 is 10.7 Å². The van der Waals surface area contributed by atoms with E-state index in [1.54, 1.807) is 12.1 Å². The van der Waals surface area contributed by atoms with E-state index in [2.05, 4.69) is 15.7 Å². The van der Waals surface area contributed by atoms with Crippen molar-refractivity contribution < 1.29 is 4.79 Å². The molecule has 1 aliphatic rings. The van der Waals surface area contributed by atoms with E-state index in [1.165, 1.54) is 12.8 Å². The van der Waals surface area contributed by atoms with Crippen LogP contribution in [-0.2, 0) is 0 Å². The number of carbonyl (C=O) groups is 1. The highest BCUT2D eigenvalue weighted by atomic mass is 35.5. The van der Waals surface area contributed by atoms with Gasteiger partial charge in [-0.2, -0.15) is 0 Å². The van der Waals surface area contributed by atoms with E-state index in [0.29, 0.717) is 10.8 Å². The maximum Gasteiger partial charge on any atom is 0.271 e. The molecule has 0 aromatic carbocycles. The van der Waals surface area contributed by atoms with Crippen LogP contribution in [-0.4, -0.2) is 16.9 Å². The van der Waals surface area contributed by atoms with E-state index < -0.39 is 0 Å². The maximum atomic E-state index is 12.2. The van der Waals surface area contributed by atoms with Gasteiger partial charge in [0, 0.05) is 6.04 Å². The predicted octanol–water partition coefficient (Wildman–Crippen LogP) is 2.47. The number of carbonyl (C=O) groups excluding carboxylic acids is 1. The molecule has 0 atom stereocenters. The van der Waals surface area contributed by atoms with Crippen LogP contribution in [0, 0.1) is 0 Å². The zero-order valence-corrected chi connectivity index (χ0v) is 11.5. The Kier molecular flexibility index (Phi) is 4.99. The summed E-state index contributed by atoms with van der Waals surface area (Å²) >= 11 is 6.01. The van der Waals surface area contributed by atoms with Gasteiger partial charge in [-0.1, -0.05) is 37.3 Å². The van der Waals surface area contributed by atoms with E-state index in [0.717, 1.165) is 25.7 Å². The minimum absolute atomic E-state index is 0.223. The van der Waals surface area contributed by atoms with E-state index in [-0.39, 0.29) is 17.6 Å². The summed E-state index contributed by atoms with van der Waals surface area (Å²) < 4.78 is 0. The number of nitrogens with two attached hydrogens (primary N) is 1. The second-order valence-corrected chi connectivity index (χ2v) is 5.24. The first-order chi connectivity index (χ1) is 9.20. The fraction of sp³-hybridized carbons (Fsp3) is 0.538. The molecular weight excluding hydrogens is 264 g/mol. The van der Waals surface area contributed by atoms with Crippen LogP contribution >= 0.6 is 11.6 Å². The van der Waals surface area contributed by atoms with Gasteiger partial charge in [0.2, 0.25) is 0 Å². The lowest BCUT2D eigenvalue weighted by Gasteiger charge is -2.16. The minimum atomic E-state index is -0.228. The van der Waals surface area contributed by atoms with Crippen molar-refractivity contribution in [2.24, 2.45) is 5.84 Å². The lowest BCUT2D eigenvalue weighted by molar-refractivity contribution is 0.0928. The number of amides is 1. The van der Waals surface area contributed by atoms with E-state index in [1.807, 2.05) is 0 Å². The SMILES string of the molecule is NNc1ccc(Cl)c(C(=O)NC2CCCCCC2)n1. The first-order valence-electron chi connectivity index (χ1n) is 6.64. The molecule has 19 heavy (non-hydrogen) atoms. The lowest BCUT2D eigenvalue weighted by atomic mass is 10.1. The van der Waals surface area contributed by atoms with Gasteiger partial charge in [-0.05, 0) is 25.0 Å². The quantitative estimate of drug-likeness (QED) is 0.452. The third-order valence-electron chi connectivity index (χ3n) is 3.40. The van der Waals surface area contributed by atoms with Gasteiger partial charge in [0.1, 0.15) is 11.5 Å². The van der Waals surface area contributed by atoms with Gasteiger partial charge in [-0.15, -0.1) is 0 Å². The van der Waals surface area contributed by atoms with Crippen molar-refractivity contribution in [1.82, 2.24) is 10.3 Å². The Morgan fingerprint density at radius 1 is 1.26 bits per heavy atom. The minimum Gasteiger partial charge on any atom is -0.348 e. The summed E-state index contributed by atoms with van der Waals surface area (Å²) in [6.45, 7) is 0. The molecule has 5 nitrogen and oxygen atoms in total. The number of halogens is 1. The number of pyridine rings is 1. The zero-order valence-electron chi connectivity index (χ0n) is 10.8. The molecule has 0 unspecified atom stereocenters. The number of nitrogen functional groups attached to an aromatic ring is 1. The summed E-state index contributed by atoms with van der Waals surface area (Å²) in [7, 11) is 0. The predicted molar refractivity (Wildman–Crippen MR) is 76.0 cm³/mol. The molecule has 1 aliphatic carbocycles. The van der Waals surface area contributed by atoms with Crippen LogP contribution in [0.5, 0.6) is 0 Å². The highest BCUT2D eigenvalue weighted by Crippen LogP contribution is 2.20. The standard InChI is InChI=1S/C13H19ClN4O/c14-10-7-8-11(18-15)17-12(10)13(19)16-9-5-3-1-2-4-6-9/h7-9H,1-6,15H2,(H,16,19)(H,17,18). The van der Waals surface area contributed by atoms with E-state index >= 15 is 0 Å². The van der Waals surface area contributed by atoms with Crippen molar-refractivity contribution >= 4 is 23.3 Å². The third kappa shape index (κ3) is 3.81. The van der Waals surface area contributed by atoms with Crippen molar-refractivity contribution in [2.45, 2.75) is 44.6 Å². The van der Waals surface area contributed by atoms with Crippen molar-refractivity contribution in [3.8, 4) is 0 Å². The Balaban J connectivity index is 2.06. The Morgan fingerprint density at radius 2 is 1.95 bits per heavy atom. The van der Waals surface area contributed by atoms with Crippen LogP contribution in [0.4, 0.5) is 5.82 Å². The number of rotatable bonds is 3. The molecule has 0 radical (unpaired) electrons. The number of hydrogen-bond donors (Lipinski definition) is 3. The number of anilines is 1. The summed E-state index contributed by atoms with van der Waals surface area (Å²) in [5.41, 5.74) is 2.64. The van der Waals surface area contributed by atoms with Crippen molar-refractivity contribution in [2.75, 3.05) is 5.43 Å². The normalized spacial score (nSPS) is 16.7. The van der Waals surface area contributed by atoms with Gasteiger partial charge in [-0.3, -0.25) is 4.79 Å². The average Bonchev–Trinajstić information content (AvgIpc) is 2.68. The maximum absolute atomic E-state index is 12.2. The summed E-state index contributed by atoms with van der Waals surface area (Å²) in [5, 5.41) is 3.35. The molecule has 1 heterocycles. The van der Waals surface area contributed by atoms with Gasteiger partial charge in [0.05, 0.1) is 5.02 Å².